The van der Waals surface area contributed by atoms with Crippen molar-refractivity contribution in [2.24, 2.45) is 5.10 Å². The number of ether oxygens (including phenoxy) is 1. The molecule has 0 saturated carbocycles. The van der Waals surface area contributed by atoms with Crippen LogP contribution in [-0.2, 0) is 4.74 Å². The third-order valence-corrected chi connectivity index (χ3v) is 3.10. The Hall–Kier alpha value is -1.26. The van der Waals surface area contributed by atoms with Crippen LogP contribution in [0, 0.1) is 0 Å². The van der Waals surface area contributed by atoms with E-state index in [1.807, 2.05) is 27.7 Å². The number of carbonyl (C=O) groups is 1. The number of hydrogen-bond donors (Lipinski definition) is 1. The zero-order valence-electron chi connectivity index (χ0n) is 12.8. The molecule has 0 radical (unpaired) electrons. The summed E-state index contributed by atoms with van der Waals surface area (Å²) in [4.78, 5) is 13.7. The van der Waals surface area contributed by atoms with Crippen LogP contribution in [0.25, 0.3) is 0 Å². The summed E-state index contributed by atoms with van der Waals surface area (Å²) < 4.78 is 5.37. The summed E-state index contributed by atoms with van der Waals surface area (Å²) in [6.07, 6.45) is 2.59. The lowest BCUT2D eigenvalue weighted by Gasteiger charge is -2.33. The van der Waals surface area contributed by atoms with Gasteiger partial charge in [0.05, 0.1) is 0 Å². The molecule has 5 nitrogen and oxygen atoms in total. The Morgan fingerprint density at radius 3 is 2.42 bits per heavy atom. The average Bonchev–Trinajstić information content (AvgIpc) is 2.34. The van der Waals surface area contributed by atoms with E-state index in [0.717, 1.165) is 38.1 Å². The number of piperidine rings is 1. The highest BCUT2D eigenvalue weighted by molar-refractivity contribution is 5.81. The largest absolute Gasteiger partial charge is 0.444 e. The Bertz CT molecular complexity index is 326. The minimum Gasteiger partial charge on any atom is -0.444 e. The molecule has 1 heterocycles. The lowest BCUT2D eigenvalue weighted by atomic mass is 10.1. The summed E-state index contributed by atoms with van der Waals surface area (Å²) >= 11 is 0. The molecule has 0 aromatic rings. The highest BCUT2D eigenvalue weighted by Gasteiger charge is 2.26. The topological polar surface area (TPSA) is 53.9 Å². The van der Waals surface area contributed by atoms with Crippen LogP contribution in [0.1, 0.15) is 53.9 Å². The van der Waals surface area contributed by atoms with E-state index in [0.29, 0.717) is 6.04 Å². The number of rotatable bonds is 3. The smallest absolute Gasteiger partial charge is 0.410 e. The molecule has 0 unspecified atom stereocenters. The number of nitrogens with zero attached hydrogens (tertiary/aromatic N) is 2. The predicted molar refractivity (Wildman–Crippen MR) is 77.4 cm³/mol. The summed E-state index contributed by atoms with van der Waals surface area (Å²) in [6, 6.07) is 0.361. The summed E-state index contributed by atoms with van der Waals surface area (Å²) in [5.41, 5.74) is 3.87. The first kappa shape index (κ1) is 15.8. The summed E-state index contributed by atoms with van der Waals surface area (Å²) in [6.45, 7) is 11.2. The molecule has 110 valence electrons. The van der Waals surface area contributed by atoms with Crippen LogP contribution in [0.15, 0.2) is 5.10 Å². The molecular weight excluding hydrogens is 242 g/mol. The number of hydrogen-bond acceptors (Lipinski definition) is 4. The molecule has 1 fully saturated rings. The van der Waals surface area contributed by atoms with Crippen molar-refractivity contribution in [3.05, 3.63) is 0 Å². The van der Waals surface area contributed by atoms with Crippen LogP contribution in [0.2, 0.25) is 0 Å². The second-order valence-corrected chi connectivity index (χ2v) is 6.07. The van der Waals surface area contributed by atoms with Crippen LogP contribution in [0.3, 0.4) is 0 Å². The van der Waals surface area contributed by atoms with Gasteiger partial charge in [-0.2, -0.15) is 5.10 Å². The minimum atomic E-state index is -0.422. The fraction of sp³-hybridized carbons (Fsp3) is 0.857. The van der Waals surface area contributed by atoms with Gasteiger partial charge in [-0.15, -0.1) is 0 Å². The van der Waals surface area contributed by atoms with Crippen molar-refractivity contribution in [3.63, 3.8) is 0 Å². The first-order valence-corrected chi connectivity index (χ1v) is 7.08. The van der Waals surface area contributed by atoms with Crippen molar-refractivity contribution in [2.45, 2.75) is 65.5 Å². The zero-order valence-corrected chi connectivity index (χ0v) is 12.8. The van der Waals surface area contributed by atoms with Crippen molar-refractivity contribution in [3.8, 4) is 0 Å². The highest BCUT2D eigenvalue weighted by atomic mass is 16.6. The zero-order chi connectivity index (χ0) is 14.5. The maximum absolute atomic E-state index is 11.9. The first-order chi connectivity index (χ1) is 8.81. The first-order valence-electron chi connectivity index (χ1n) is 7.08. The molecule has 0 aliphatic carbocycles. The van der Waals surface area contributed by atoms with Gasteiger partial charge in [0.1, 0.15) is 5.60 Å². The van der Waals surface area contributed by atoms with E-state index >= 15 is 0 Å². The number of amides is 1. The van der Waals surface area contributed by atoms with Gasteiger partial charge in [-0.25, -0.2) is 4.79 Å². The van der Waals surface area contributed by atoms with Gasteiger partial charge in [-0.1, -0.05) is 6.92 Å². The fourth-order valence-corrected chi connectivity index (χ4v) is 1.80. The molecule has 0 bridgehead atoms. The Morgan fingerprint density at radius 1 is 1.37 bits per heavy atom. The van der Waals surface area contributed by atoms with E-state index in [2.05, 4.69) is 17.5 Å². The molecular formula is C14H27N3O2. The molecule has 1 N–H and O–H groups in total. The second-order valence-electron chi connectivity index (χ2n) is 6.07. The third-order valence-electron chi connectivity index (χ3n) is 3.10. The van der Waals surface area contributed by atoms with Crippen LogP contribution in [-0.4, -0.2) is 41.4 Å². The quantitative estimate of drug-likeness (QED) is 0.633. The Kier molecular flexibility index (Phi) is 5.63. The average molecular weight is 269 g/mol. The van der Waals surface area contributed by atoms with E-state index in [1.165, 1.54) is 0 Å². The molecule has 0 atom stereocenters. The molecule has 0 aromatic heterocycles. The molecule has 5 heteroatoms. The lowest BCUT2D eigenvalue weighted by molar-refractivity contribution is 0.0198. The molecule has 1 rings (SSSR count). The summed E-state index contributed by atoms with van der Waals surface area (Å²) in [5, 5.41) is 4.33. The monoisotopic (exact) mass is 269 g/mol. The van der Waals surface area contributed by atoms with Crippen molar-refractivity contribution < 1.29 is 9.53 Å². The normalized spacial score (nSPS) is 18.4. The SMILES string of the molecule is CC/C(C)=N\NC1CCN(C(=O)OC(C)(C)C)CC1. The predicted octanol–water partition coefficient (Wildman–Crippen LogP) is 2.76. The summed E-state index contributed by atoms with van der Waals surface area (Å²) in [7, 11) is 0. The Morgan fingerprint density at radius 2 is 1.95 bits per heavy atom. The van der Waals surface area contributed by atoms with Crippen molar-refractivity contribution >= 4 is 11.8 Å². The van der Waals surface area contributed by atoms with E-state index < -0.39 is 5.60 Å². The van der Waals surface area contributed by atoms with Crippen molar-refractivity contribution in [1.29, 1.82) is 0 Å². The third kappa shape index (κ3) is 5.94. The molecule has 1 aliphatic rings. The van der Waals surface area contributed by atoms with Gasteiger partial charge in [0.15, 0.2) is 0 Å². The van der Waals surface area contributed by atoms with Crippen LogP contribution in [0.4, 0.5) is 4.79 Å². The van der Waals surface area contributed by atoms with E-state index in [-0.39, 0.29) is 6.09 Å². The van der Waals surface area contributed by atoms with Crippen LogP contribution < -0.4 is 5.43 Å². The maximum atomic E-state index is 11.9. The molecule has 1 aliphatic heterocycles. The van der Waals surface area contributed by atoms with Gasteiger partial charge in [0.25, 0.3) is 0 Å². The van der Waals surface area contributed by atoms with Gasteiger partial charge in [0, 0.05) is 24.8 Å². The minimum absolute atomic E-state index is 0.209. The number of carbonyl (C=O) groups excluding carboxylic acids is 1. The Balaban J connectivity index is 2.35. The maximum Gasteiger partial charge on any atom is 0.410 e. The number of nitrogens with one attached hydrogen (secondary N) is 1. The number of likely N-dealkylation sites (tertiary alicyclic amines) is 1. The molecule has 1 amide bonds. The standard InChI is InChI=1S/C14H27N3O2/c1-6-11(2)15-16-12-7-9-17(10-8-12)13(18)19-14(3,4)5/h12,16H,6-10H2,1-5H3/b15-11-. The van der Waals surface area contributed by atoms with Gasteiger partial charge < -0.3 is 15.1 Å². The number of hydrazone groups is 1. The fourth-order valence-electron chi connectivity index (χ4n) is 1.80. The van der Waals surface area contributed by atoms with E-state index in [9.17, 15) is 4.79 Å². The van der Waals surface area contributed by atoms with Crippen molar-refractivity contribution in [2.75, 3.05) is 13.1 Å². The van der Waals surface area contributed by atoms with E-state index in [1.54, 1.807) is 4.90 Å². The highest BCUT2D eigenvalue weighted by Crippen LogP contribution is 2.15. The van der Waals surface area contributed by atoms with Crippen LogP contribution >= 0.6 is 0 Å². The van der Waals surface area contributed by atoms with Gasteiger partial charge >= 0.3 is 6.09 Å². The van der Waals surface area contributed by atoms with Crippen LogP contribution in [0.5, 0.6) is 0 Å². The molecule has 0 spiro atoms. The lowest BCUT2D eigenvalue weighted by Crippen LogP contribution is -2.45. The van der Waals surface area contributed by atoms with E-state index in [4.69, 9.17) is 4.74 Å². The molecule has 1 saturated heterocycles. The molecule has 0 aromatic carbocycles. The Labute approximate surface area is 116 Å². The molecule has 19 heavy (non-hydrogen) atoms. The second kappa shape index (κ2) is 6.78. The van der Waals surface area contributed by atoms with Gasteiger partial charge in [-0.3, -0.25) is 0 Å². The van der Waals surface area contributed by atoms with Gasteiger partial charge in [0.2, 0.25) is 0 Å². The van der Waals surface area contributed by atoms with Gasteiger partial charge in [-0.05, 0) is 47.0 Å². The van der Waals surface area contributed by atoms with Crippen molar-refractivity contribution in [1.82, 2.24) is 10.3 Å². The summed E-state index contributed by atoms with van der Waals surface area (Å²) in [5.74, 6) is 0.